The Labute approximate surface area is 64.8 Å². The van der Waals surface area contributed by atoms with Gasteiger partial charge in [-0.2, -0.15) is 0 Å². The lowest BCUT2D eigenvalue weighted by molar-refractivity contribution is -0.131. The van der Waals surface area contributed by atoms with Crippen molar-refractivity contribution in [1.29, 1.82) is 0 Å². The van der Waals surface area contributed by atoms with Crippen LogP contribution in [0.3, 0.4) is 0 Å². The van der Waals surface area contributed by atoms with Gasteiger partial charge in [0.25, 0.3) is 6.43 Å². The molecule has 0 aliphatic carbocycles. The van der Waals surface area contributed by atoms with Gasteiger partial charge in [-0.25, -0.2) is 8.78 Å². The Hall–Kier alpha value is -0.670. The molecule has 11 heavy (non-hydrogen) atoms. The Kier molecular flexibility index (Phi) is 2.96. The molecule has 1 unspecified atom stereocenters. The number of rotatable bonds is 2. The second-order valence-corrected chi connectivity index (χ2v) is 3.58. The standard InChI is InChI=1S/C7H13F2NO/c1-7(2,3)4(5(8)9)6(10)11/h4-5H,1-3H3,(H2,10,11). The Morgan fingerprint density at radius 1 is 1.36 bits per heavy atom. The van der Waals surface area contributed by atoms with Gasteiger partial charge in [-0.3, -0.25) is 4.79 Å². The van der Waals surface area contributed by atoms with E-state index < -0.39 is 23.7 Å². The molecule has 2 N–H and O–H groups in total. The van der Waals surface area contributed by atoms with Crippen LogP contribution in [0.5, 0.6) is 0 Å². The van der Waals surface area contributed by atoms with E-state index in [0.29, 0.717) is 0 Å². The van der Waals surface area contributed by atoms with E-state index in [9.17, 15) is 13.6 Å². The van der Waals surface area contributed by atoms with Crippen LogP contribution >= 0.6 is 0 Å². The van der Waals surface area contributed by atoms with E-state index in [1.54, 1.807) is 20.8 Å². The maximum absolute atomic E-state index is 12.1. The van der Waals surface area contributed by atoms with Crippen LogP contribution in [0.1, 0.15) is 20.8 Å². The van der Waals surface area contributed by atoms with Crippen molar-refractivity contribution < 1.29 is 13.6 Å². The molecule has 4 heteroatoms. The van der Waals surface area contributed by atoms with Crippen LogP contribution in [-0.4, -0.2) is 12.3 Å². The minimum atomic E-state index is -2.67. The van der Waals surface area contributed by atoms with E-state index in [0.717, 1.165) is 0 Å². The summed E-state index contributed by atoms with van der Waals surface area (Å²) in [5, 5.41) is 0. The lowest BCUT2D eigenvalue weighted by Gasteiger charge is -2.26. The molecular formula is C7H13F2NO. The van der Waals surface area contributed by atoms with E-state index in [-0.39, 0.29) is 0 Å². The molecule has 0 rings (SSSR count). The second-order valence-electron chi connectivity index (χ2n) is 3.58. The SMILES string of the molecule is CC(C)(C)C(C(N)=O)C(F)F. The number of carbonyl (C=O) groups is 1. The molecule has 0 aromatic rings. The molecule has 0 saturated carbocycles. The van der Waals surface area contributed by atoms with Gasteiger partial charge in [0.15, 0.2) is 0 Å². The molecule has 0 aliphatic heterocycles. The topological polar surface area (TPSA) is 43.1 Å². The van der Waals surface area contributed by atoms with Gasteiger partial charge >= 0.3 is 0 Å². The molecule has 0 heterocycles. The fourth-order valence-electron chi connectivity index (χ4n) is 0.929. The molecule has 0 aromatic carbocycles. The van der Waals surface area contributed by atoms with Crippen LogP contribution in [0.15, 0.2) is 0 Å². The quantitative estimate of drug-likeness (QED) is 0.660. The lowest BCUT2D eigenvalue weighted by atomic mass is 9.80. The monoisotopic (exact) mass is 165 g/mol. The summed E-state index contributed by atoms with van der Waals surface area (Å²) >= 11 is 0. The molecule has 0 aliphatic rings. The normalized spacial score (nSPS) is 15.1. The van der Waals surface area contributed by atoms with E-state index in [1.807, 2.05) is 0 Å². The molecule has 0 saturated heterocycles. The third-order valence-electron chi connectivity index (χ3n) is 1.49. The number of primary amides is 1. The fourth-order valence-corrected chi connectivity index (χ4v) is 0.929. The average Bonchev–Trinajstić information content (AvgIpc) is 1.54. The average molecular weight is 165 g/mol. The lowest BCUT2D eigenvalue weighted by Crippen LogP contribution is -2.38. The molecule has 0 radical (unpaired) electrons. The van der Waals surface area contributed by atoms with Crippen molar-refractivity contribution in [3.63, 3.8) is 0 Å². The van der Waals surface area contributed by atoms with Gasteiger partial charge in [0.1, 0.15) is 5.92 Å². The first kappa shape index (κ1) is 10.3. The van der Waals surface area contributed by atoms with Gasteiger partial charge in [-0.15, -0.1) is 0 Å². The molecular weight excluding hydrogens is 152 g/mol. The summed E-state index contributed by atoms with van der Waals surface area (Å²) in [5.41, 5.74) is 4.04. The molecule has 1 atom stereocenters. The van der Waals surface area contributed by atoms with E-state index >= 15 is 0 Å². The summed E-state index contributed by atoms with van der Waals surface area (Å²) in [5.74, 6) is -2.30. The van der Waals surface area contributed by atoms with Crippen molar-refractivity contribution in [3.8, 4) is 0 Å². The zero-order valence-electron chi connectivity index (χ0n) is 6.90. The summed E-state index contributed by atoms with van der Waals surface area (Å²) in [6.07, 6.45) is -2.67. The Balaban J connectivity index is 4.49. The van der Waals surface area contributed by atoms with Crippen molar-refractivity contribution in [3.05, 3.63) is 0 Å². The highest BCUT2D eigenvalue weighted by Gasteiger charge is 2.37. The number of amides is 1. The van der Waals surface area contributed by atoms with Gasteiger partial charge < -0.3 is 5.73 Å². The molecule has 0 bridgehead atoms. The summed E-state index contributed by atoms with van der Waals surface area (Å²) in [7, 11) is 0. The zero-order valence-corrected chi connectivity index (χ0v) is 6.90. The second kappa shape index (κ2) is 3.15. The van der Waals surface area contributed by atoms with Gasteiger partial charge in [-0.05, 0) is 5.41 Å². The molecule has 0 aromatic heterocycles. The van der Waals surface area contributed by atoms with Crippen LogP contribution < -0.4 is 5.73 Å². The third-order valence-corrected chi connectivity index (χ3v) is 1.49. The Morgan fingerprint density at radius 3 is 1.73 bits per heavy atom. The summed E-state index contributed by atoms with van der Waals surface area (Å²) < 4.78 is 24.3. The number of halogens is 2. The Morgan fingerprint density at radius 2 is 1.73 bits per heavy atom. The highest BCUT2D eigenvalue weighted by Crippen LogP contribution is 2.30. The Bertz CT molecular complexity index is 151. The summed E-state index contributed by atoms with van der Waals surface area (Å²) in [6, 6.07) is 0. The predicted octanol–water partition coefficient (Wildman–Crippen LogP) is 1.40. The number of hydrogen-bond donors (Lipinski definition) is 1. The third kappa shape index (κ3) is 2.82. The van der Waals surface area contributed by atoms with Crippen LogP contribution in [0.4, 0.5) is 8.78 Å². The van der Waals surface area contributed by atoms with Crippen molar-refractivity contribution in [2.24, 2.45) is 17.1 Å². The number of alkyl halides is 2. The van der Waals surface area contributed by atoms with Crippen molar-refractivity contribution in [1.82, 2.24) is 0 Å². The van der Waals surface area contributed by atoms with Gasteiger partial charge in [0.2, 0.25) is 5.91 Å². The largest absolute Gasteiger partial charge is 0.369 e. The maximum atomic E-state index is 12.1. The van der Waals surface area contributed by atoms with E-state index in [4.69, 9.17) is 5.73 Å². The van der Waals surface area contributed by atoms with Crippen molar-refractivity contribution in [2.75, 3.05) is 0 Å². The first-order valence-corrected chi connectivity index (χ1v) is 3.34. The number of carbonyl (C=O) groups excluding carboxylic acids is 1. The maximum Gasteiger partial charge on any atom is 0.250 e. The first-order chi connectivity index (χ1) is 4.76. The van der Waals surface area contributed by atoms with Gasteiger partial charge in [0.05, 0.1) is 0 Å². The van der Waals surface area contributed by atoms with Crippen LogP contribution in [-0.2, 0) is 4.79 Å². The van der Waals surface area contributed by atoms with Crippen LogP contribution in [0, 0.1) is 11.3 Å². The minimum Gasteiger partial charge on any atom is -0.369 e. The van der Waals surface area contributed by atoms with Crippen LogP contribution in [0.25, 0.3) is 0 Å². The highest BCUT2D eigenvalue weighted by molar-refractivity contribution is 5.77. The zero-order chi connectivity index (χ0) is 9.23. The number of hydrogen-bond acceptors (Lipinski definition) is 1. The molecule has 2 nitrogen and oxygen atoms in total. The van der Waals surface area contributed by atoms with E-state index in [2.05, 4.69) is 0 Å². The molecule has 0 spiro atoms. The number of nitrogens with two attached hydrogens (primary N) is 1. The molecule has 66 valence electrons. The van der Waals surface area contributed by atoms with Crippen LogP contribution in [0.2, 0.25) is 0 Å². The highest BCUT2D eigenvalue weighted by atomic mass is 19.3. The van der Waals surface area contributed by atoms with Gasteiger partial charge in [0, 0.05) is 0 Å². The predicted molar refractivity (Wildman–Crippen MR) is 38.1 cm³/mol. The van der Waals surface area contributed by atoms with E-state index in [1.165, 1.54) is 0 Å². The molecule has 1 amide bonds. The van der Waals surface area contributed by atoms with Crippen molar-refractivity contribution in [2.45, 2.75) is 27.2 Å². The summed E-state index contributed by atoms with van der Waals surface area (Å²) in [4.78, 5) is 10.5. The fraction of sp³-hybridized carbons (Fsp3) is 0.857. The molecule has 0 fully saturated rings. The summed E-state index contributed by atoms with van der Waals surface area (Å²) in [6.45, 7) is 4.69. The van der Waals surface area contributed by atoms with Gasteiger partial charge in [-0.1, -0.05) is 20.8 Å². The minimum absolute atomic E-state index is 0.764. The smallest absolute Gasteiger partial charge is 0.250 e. The first-order valence-electron chi connectivity index (χ1n) is 3.34. The van der Waals surface area contributed by atoms with Crippen molar-refractivity contribution >= 4 is 5.91 Å².